The van der Waals surface area contributed by atoms with Crippen LogP contribution in [0.1, 0.15) is 11.1 Å². The molecule has 0 atom stereocenters. The van der Waals surface area contributed by atoms with Crippen LogP contribution in [0.3, 0.4) is 0 Å². The van der Waals surface area contributed by atoms with Crippen molar-refractivity contribution in [2.45, 2.75) is 13.5 Å². The maximum atomic E-state index is 11.1. The number of amides is 1. The van der Waals surface area contributed by atoms with Crippen molar-refractivity contribution in [2.75, 3.05) is 5.32 Å². The summed E-state index contributed by atoms with van der Waals surface area (Å²) in [5.41, 5.74) is 8.38. The van der Waals surface area contributed by atoms with Gasteiger partial charge in [-0.3, -0.25) is 4.79 Å². The SMILES string of the molecule is C=CC(=O)Nc1cccc(CN)c1C. The van der Waals surface area contributed by atoms with Gasteiger partial charge in [-0.25, -0.2) is 0 Å². The Morgan fingerprint density at radius 2 is 2.36 bits per heavy atom. The van der Waals surface area contributed by atoms with Crippen molar-refractivity contribution in [3.8, 4) is 0 Å². The first kappa shape index (κ1) is 10.5. The molecule has 3 nitrogen and oxygen atoms in total. The third-order valence-electron chi connectivity index (χ3n) is 2.11. The van der Waals surface area contributed by atoms with E-state index in [4.69, 9.17) is 5.73 Å². The summed E-state index contributed by atoms with van der Waals surface area (Å²) in [5, 5.41) is 2.72. The van der Waals surface area contributed by atoms with E-state index in [1.165, 1.54) is 6.08 Å². The lowest BCUT2D eigenvalue weighted by atomic mass is 10.1. The summed E-state index contributed by atoms with van der Waals surface area (Å²) < 4.78 is 0. The topological polar surface area (TPSA) is 55.1 Å². The van der Waals surface area contributed by atoms with Crippen molar-refractivity contribution in [3.63, 3.8) is 0 Å². The Hall–Kier alpha value is -1.61. The summed E-state index contributed by atoms with van der Waals surface area (Å²) in [6, 6.07) is 5.66. The van der Waals surface area contributed by atoms with E-state index in [9.17, 15) is 4.79 Å². The molecule has 0 spiro atoms. The molecule has 3 N–H and O–H groups in total. The minimum atomic E-state index is -0.206. The van der Waals surface area contributed by atoms with Gasteiger partial charge in [0.1, 0.15) is 0 Å². The fraction of sp³-hybridized carbons (Fsp3) is 0.182. The third kappa shape index (κ3) is 2.20. The summed E-state index contributed by atoms with van der Waals surface area (Å²) in [7, 11) is 0. The van der Waals surface area contributed by atoms with E-state index in [1.807, 2.05) is 25.1 Å². The summed E-state index contributed by atoms with van der Waals surface area (Å²) in [5.74, 6) is -0.206. The van der Waals surface area contributed by atoms with E-state index in [0.717, 1.165) is 16.8 Å². The van der Waals surface area contributed by atoms with Crippen molar-refractivity contribution < 1.29 is 4.79 Å². The maximum absolute atomic E-state index is 11.1. The number of nitrogens with one attached hydrogen (secondary N) is 1. The van der Waals surface area contributed by atoms with Gasteiger partial charge in [-0.15, -0.1) is 0 Å². The molecule has 0 aliphatic rings. The van der Waals surface area contributed by atoms with Gasteiger partial charge in [-0.2, -0.15) is 0 Å². The van der Waals surface area contributed by atoms with Crippen LogP contribution < -0.4 is 11.1 Å². The number of anilines is 1. The molecule has 1 aromatic carbocycles. The molecule has 3 heteroatoms. The molecule has 0 radical (unpaired) electrons. The van der Waals surface area contributed by atoms with E-state index in [1.54, 1.807) is 0 Å². The summed E-state index contributed by atoms with van der Waals surface area (Å²) in [6.07, 6.45) is 1.24. The van der Waals surface area contributed by atoms with Gasteiger partial charge in [-0.1, -0.05) is 18.7 Å². The number of nitrogens with two attached hydrogens (primary N) is 1. The Kier molecular flexibility index (Phi) is 3.42. The Balaban J connectivity index is 2.97. The Morgan fingerprint density at radius 1 is 1.64 bits per heavy atom. The molecule has 0 saturated heterocycles. The lowest BCUT2D eigenvalue weighted by Crippen LogP contribution is -2.10. The Labute approximate surface area is 83.6 Å². The summed E-state index contributed by atoms with van der Waals surface area (Å²) >= 11 is 0. The van der Waals surface area contributed by atoms with Crippen LogP contribution in [-0.4, -0.2) is 5.91 Å². The van der Waals surface area contributed by atoms with Crippen molar-refractivity contribution in [1.82, 2.24) is 0 Å². The Bertz CT molecular complexity index is 358. The van der Waals surface area contributed by atoms with Crippen molar-refractivity contribution >= 4 is 11.6 Å². The summed E-state index contributed by atoms with van der Waals surface area (Å²) in [4.78, 5) is 11.1. The molecular formula is C11H14N2O. The smallest absolute Gasteiger partial charge is 0.247 e. The number of benzene rings is 1. The fourth-order valence-corrected chi connectivity index (χ4v) is 1.22. The van der Waals surface area contributed by atoms with E-state index < -0.39 is 0 Å². The fourth-order valence-electron chi connectivity index (χ4n) is 1.22. The van der Waals surface area contributed by atoms with E-state index >= 15 is 0 Å². The quantitative estimate of drug-likeness (QED) is 0.711. The zero-order valence-corrected chi connectivity index (χ0v) is 8.21. The minimum absolute atomic E-state index is 0.206. The Morgan fingerprint density at radius 3 is 2.93 bits per heavy atom. The second kappa shape index (κ2) is 4.58. The van der Waals surface area contributed by atoms with Crippen LogP contribution in [0.15, 0.2) is 30.9 Å². The van der Waals surface area contributed by atoms with Crippen LogP contribution in [0.4, 0.5) is 5.69 Å². The van der Waals surface area contributed by atoms with Gasteiger partial charge in [0.05, 0.1) is 0 Å². The third-order valence-corrected chi connectivity index (χ3v) is 2.11. The first-order chi connectivity index (χ1) is 6.69. The van der Waals surface area contributed by atoms with Crippen LogP contribution in [0.2, 0.25) is 0 Å². The maximum Gasteiger partial charge on any atom is 0.247 e. The van der Waals surface area contributed by atoms with Gasteiger partial charge in [0.15, 0.2) is 0 Å². The van der Waals surface area contributed by atoms with Gasteiger partial charge < -0.3 is 11.1 Å². The van der Waals surface area contributed by atoms with E-state index in [2.05, 4.69) is 11.9 Å². The molecule has 0 saturated carbocycles. The van der Waals surface area contributed by atoms with Gasteiger partial charge in [0.2, 0.25) is 5.91 Å². The highest BCUT2D eigenvalue weighted by atomic mass is 16.1. The second-order valence-corrected chi connectivity index (χ2v) is 2.99. The molecule has 1 amide bonds. The van der Waals surface area contributed by atoms with Gasteiger partial charge >= 0.3 is 0 Å². The van der Waals surface area contributed by atoms with Crippen molar-refractivity contribution in [3.05, 3.63) is 42.0 Å². The number of carbonyl (C=O) groups is 1. The van der Waals surface area contributed by atoms with Gasteiger partial charge in [-0.05, 0) is 30.2 Å². The number of hydrogen-bond acceptors (Lipinski definition) is 2. The minimum Gasteiger partial charge on any atom is -0.326 e. The van der Waals surface area contributed by atoms with E-state index in [-0.39, 0.29) is 5.91 Å². The normalized spacial score (nSPS) is 9.57. The standard InChI is InChI=1S/C11H14N2O/c1-3-11(14)13-10-6-4-5-9(7-12)8(10)2/h3-6H,1,7,12H2,2H3,(H,13,14). The molecule has 1 aromatic rings. The highest BCUT2D eigenvalue weighted by molar-refractivity contribution is 5.99. The van der Waals surface area contributed by atoms with Crippen molar-refractivity contribution in [1.29, 1.82) is 0 Å². The van der Waals surface area contributed by atoms with E-state index in [0.29, 0.717) is 6.54 Å². The molecule has 0 unspecified atom stereocenters. The van der Waals surface area contributed by atoms with Crippen molar-refractivity contribution in [2.24, 2.45) is 5.73 Å². The lowest BCUT2D eigenvalue weighted by Gasteiger charge is -2.09. The average molecular weight is 190 g/mol. The lowest BCUT2D eigenvalue weighted by molar-refractivity contribution is -0.111. The number of carbonyl (C=O) groups excluding carboxylic acids is 1. The van der Waals surface area contributed by atoms with Crippen LogP contribution in [0, 0.1) is 6.92 Å². The predicted molar refractivity (Wildman–Crippen MR) is 57.9 cm³/mol. The summed E-state index contributed by atoms with van der Waals surface area (Å²) in [6.45, 7) is 5.80. The predicted octanol–water partition coefficient (Wildman–Crippen LogP) is 1.58. The average Bonchev–Trinajstić information content (AvgIpc) is 2.21. The molecule has 0 fully saturated rings. The largest absolute Gasteiger partial charge is 0.326 e. The monoisotopic (exact) mass is 190 g/mol. The molecule has 0 heterocycles. The number of hydrogen-bond donors (Lipinski definition) is 2. The van der Waals surface area contributed by atoms with Crippen LogP contribution in [0.5, 0.6) is 0 Å². The first-order valence-corrected chi connectivity index (χ1v) is 4.41. The second-order valence-electron chi connectivity index (χ2n) is 2.99. The highest BCUT2D eigenvalue weighted by Gasteiger charge is 2.03. The molecule has 1 rings (SSSR count). The van der Waals surface area contributed by atoms with Gasteiger partial charge in [0, 0.05) is 12.2 Å². The van der Waals surface area contributed by atoms with Crippen LogP contribution >= 0.6 is 0 Å². The van der Waals surface area contributed by atoms with Gasteiger partial charge in [0.25, 0.3) is 0 Å². The molecule has 0 aromatic heterocycles. The van der Waals surface area contributed by atoms with Crippen LogP contribution in [0.25, 0.3) is 0 Å². The highest BCUT2D eigenvalue weighted by Crippen LogP contribution is 2.18. The zero-order chi connectivity index (χ0) is 10.6. The molecule has 14 heavy (non-hydrogen) atoms. The van der Waals surface area contributed by atoms with Crippen LogP contribution in [-0.2, 0) is 11.3 Å². The molecule has 0 bridgehead atoms. The molecule has 74 valence electrons. The molecule has 0 aliphatic heterocycles. The zero-order valence-electron chi connectivity index (χ0n) is 8.21. The molecule has 0 aliphatic carbocycles. The molecular weight excluding hydrogens is 176 g/mol. The first-order valence-electron chi connectivity index (χ1n) is 4.41. The number of rotatable bonds is 3.